The van der Waals surface area contributed by atoms with Gasteiger partial charge in [-0.25, -0.2) is 0 Å². The number of carbonyl (C=O) groups is 1. The number of nitrogens with one attached hydrogen (secondary N) is 1. The van der Waals surface area contributed by atoms with Gasteiger partial charge in [0.1, 0.15) is 0 Å². The third kappa shape index (κ3) is 0.823. The maximum atomic E-state index is 10.8. The van der Waals surface area contributed by atoms with E-state index < -0.39 is 0 Å². The molecule has 0 aromatic rings. The van der Waals surface area contributed by atoms with Gasteiger partial charge in [-0.15, -0.1) is 11.6 Å². The van der Waals surface area contributed by atoms with Gasteiger partial charge in [-0.1, -0.05) is 0 Å². The maximum Gasteiger partial charge on any atom is 0.220 e. The van der Waals surface area contributed by atoms with E-state index in [1.165, 1.54) is 0 Å². The summed E-state index contributed by atoms with van der Waals surface area (Å²) < 4.78 is 0. The molecule has 0 aromatic heterocycles. The third-order valence-corrected chi connectivity index (χ3v) is 3.04. The molecule has 10 heavy (non-hydrogen) atoms. The van der Waals surface area contributed by atoms with Gasteiger partial charge in [0.05, 0.1) is 0 Å². The van der Waals surface area contributed by atoms with Crippen molar-refractivity contribution in [1.29, 1.82) is 0 Å². The van der Waals surface area contributed by atoms with Crippen molar-refractivity contribution in [2.45, 2.75) is 30.7 Å². The molecule has 3 heteroatoms. The van der Waals surface area contributed by atoms with Crippen LogP contribution in [0.1, 0.15) is 19.3 Å². The summed E-state index contributed by atoms with van der Waals surface area (Å²) in [7, 11) is 0. The average Bonchev–Trinajstić information content (AvgIpc) is 2.35. The normalized spacial score (nSPS) is 45.3. The van der Waals surface area contributed by atoms with Crippen molar-refractivity contribution in [2.24, 2.45) is 5.92 Å². The molecule has 0 radical (unpaired) electrons. The summed E-state index contributed by atoms with van der Waals surface area (Å²) in [6.07, 6.45) is 2.79. The van der Waals surface area contributed by atoms with Crippen molar-refractivity contribution in [3.63, 3.8) is 0 Å². The predicted molar refractivity (Wildman–Crippen MR) is 38.9 cm³/mol. The smallest absolute Gasteiger partial charge is 0.220 e. The number of alkyl halides is 1. The molecule has 2 fully saturated rings. The number of halogens is 1. The molecule has 1 aliphatic heterocycles. The fourth-order valence-electron chi connectivity index (χ4n) is 1.95. The zero-order valence-electron chi connectivity index (χ0n) is 5.64. The van der Waals surface area contributed by atoms with E-state index in [-0.39, 0.29) is 11.3 Å². The second-order valence-corrected chi connectivity index (χ2v) is 3.70. The van der Waals surface area contributed by atoms with Crippen molar-refractivity contribution in [2.75, 3.05) is 0 Å². The van der Waals surface area contributed by atoms with Crippen LogP contribution in [-0.2, 0) is 4.79 Å². The van der Waals surface area contributed by atoms with Gasteiger partial charge < -0.3 is 5.32 Å². The Morgan fingerprint density at radius 3 is 3.00 bits per heavy atom. The lowest BCUT2D eigenvalue weighted by Gasteiger charge is -2.08. The lowest BCUT2D eigenvalue weighted by atomic mass is 10.0. The molecule has 0 bridgehead atoms. The molecule has 3 atom stereocenters. The molecule has 1 saturated carbocycles. The van der Waals surface area contributed by atoms with Gasteiger partial charge in [0, 0.05) is 23.8 Å². The number of fused-ring (bicyclic) bond motifs is 1. The van der Waals surface area contributed by atoms with Crippen molar-refractivity contribution in [1.82, 2.24) is 5.32 Å². The van der Waals surface area contributed by atoms with Crippen molar-refractivity contribution < 1.29 is 4.79 Å². The molecule has 56 valence electrons. The highest BCUT2D eigenvalue weighted by Gasteiger charge is 2.41. The second-order valence-electron chi connectivity index (χ2n) is 3.14. The van der Waals surface area contributed by atoms with Gasteiger partial charge in [0.25, 0.3) is 0 Å². The number of hydrogen-bond donors (Lipinski definition) is 1. The molecule has 1 N–H and O–H groups in total. The molecule has 0 unspecified atom stereocenters. The largest absolute Gasteiger partial charge is 0.353 e. The van der Waals surface area contributed by atoms with Crippen LogP contribution in [0.5, 0.6) is 0 Å². The minimum absolute atomic E-state index is 0.181. The fraction of sp³-hybridized carbons (Fsp3) is 0.857. The van der Waals surface area contributed by atoms with Crippen LogP contribution in [0, 0.1) is 5.92 Å². The lowest BCUT2D eigenvalue weighted by Crippen LogP contribution is -2.25. The summed E-state index contributed by atoms with van der Waals surface area (Å²) in [6, 6.07) is 0.398. The molecular formula is C7H10ClNO. The van der Waals surface area contributed by atoms with E-state index in [0.29, 0.717) is 18.4 Å². The zero-order chi connectivity index (χ0) is 7.14. The Labute approximate surface area is 64.9 Å². The van der Waals surface area contributed by atoms with E-state index in [1.807, 2.05) is 0 Å². The van der Waals surface area contributed by atoms with Crippen LogP contribution < -0.4 is 5.32 Å². The first-order valence-corrected chi connectivity index (χ1v) is 4.14. The van der Waals surface area contributed by atoms with Crippen LogP contribution in [-0.4, -0.2) is 17.3 Å². The van der Waals surface area contributed by atoms with E-state index >= 15 is 0 Å². The standard InChI is InChI=1S/C7H10ClNO/c8-5-1-2-6-4(5)3-7(10)9-6/h4-6H,1-3H2,(H,9,10)/t4-,5+,6+/m1/s1. The summed E-state index contributed by atoms with van der Waals surface area (Å²) in [4.78, 5) is 10.8. The molecule has 2 nitrogen and oxygen atoms in total. The van der Waals surface area contributed by atoms with Gasteiger partial charge in [-0.2, -0.15) is 0 Å². The third-order valence-electron chi connectivity index (χ3n) is 2.50. The molecular weight excluding hydrogens is 150 g/mol. The van der Waals surface area contributed by atoms with Crippen LogP contribution in [0.3, 0.4) is 0 Å². The summed E-state index contributed by atoms with van der Waals surface area (Å²) in [5.74, 6) is 0.606. The number of hydrogen-bond acceptors (Lipinski definition) is 1. The molecule has 2 rings (SSSR count). The highest BCUT2D eigenvalue weighted by atomic mass is 35.5. The van der Waals surface area contributed by atoms with E-state index in [0.717, 1.165) is 12.8 Å². The quantitative estimate of drug-likeness (QED) is 0.523. The van der Waals surface area contributed by atoms with Crippen LogP contribution in [0.15, 0.2) is 0 Å². The van der Waals surface area contributed by atoms with Crippen LogP contribution in [0.2, 0.25) is 0 Å². The fourth-order valence-corrected chi connectivity index (χ4v) is 2.34. The molecule has 1 amide bonds. The first kappa shape index (κ1) is 6.47. The Bertz CT molecular complexity index is 171. The van der Waals surface area contributed by atoms with Gasteiger partial charge in [0.2, 0.25) is 5.91 Å². The molecule has 1 aliphatic carbocycles. The molecule has 2 aliphatic rings. The van der Waals surface area contributed by atoms with Gasteiger partial charge in [-0.3, -0.25) is 4.79 Å². The van der Waals surface area contributed by atoms with E-state index in [4.69, 9.17) is 11.6 Å². The van der Waals surface area contributed by atoms with Crippen LogP contribution in [0.25, 0.3) is 0 Å². The minimum atomic E-state index is 0.181. The van der Waals surface area contributed by atoms with Crippen molar-refractivity contribution in [3.8, 4) is 0 Å². The number of amides is 1. The van der Waals surface area contributed by atoms with Crippen molar-refractivity contribution in [3.05, 3.63) is 0 Å². The van der Waals surface area contributed by atoms with Crippen LogP contribution >= 0.6 is 11.6 Å². The zero-order valence-corrected chi connectivity index (χ0v) is 6.40. The molecule has 1 heterocycles. The SMILES string of the molecule is O=C1C[C@H]2[C@H](CC[C@@H]2Cl)N1. The van der Waals surface area contributed by atoms with Crippen LogP contribution in [0.4, 0.5) is 0 Å². The Morgan fingerprint density at radius 2 is 2.30 bits per heavy atom. The average molecular weight is 160 g/mol. The molecule has 0 aromatic carbocycles. The second kappa shape index (κ2) is 2.12. The Kier molecular flexibility index (Phi) is 1.37. The summed E-state index contributed by atoms with van der Waals surface area (Å²) in [5, 5.41) is 3.16. The Hall–Kier alpha value is -0.240. The van der Waals surface area contributed by atoms with Gasteiger partial charge in [0.15, 0.2) is 0 Å². The lowest BCUT2D eigenvalue weighted by molar-refractivity contribution is -0.119. The monoisotopic (exact) mass is 159 g/mol. The van der Waals surface area contributed by atoms with E-state index in [1.54, 1.807) is 0 Å². The number of rotatable bonds is 0. The number of carbonyl (C=O) groups excluding carboxylic acids is 1. The predicted octanol–water partition coefficient (Wildman–Crippen LogP) is 0.892. The van der Waals surface area contributed by atoms with Gasteiger partial charge in [-0.05, 0) is 12.8 Å². The Balaban J connectivity index is 2.12. The maximum absolute atomic E-state index is 10.8. The molecule has 0 spiro atoms. The first-order valence-electron chi connectivity index (χ1n) is 3.71. The highest BCUT2D eigenvalue weighted by molar-refractivity contribution is 6.21. The van der Waals surface area contributed by atoms with E-state index in [9.17, 15) is 4.79 Å². The van der Waals surface area contributed by atoms with E-state index in [2.05, 4.69) is 5.32 Å². The van der Waals surface area contributed by atoms with Crippen molar-refractivity contribution >= 4 is 17.5 Å². The Morgan fingerprint density at radius 1 is 1.50 bits per heavy atom. The topological polar surface area (TPSA) is 29.1 Å². The summed E-state index contributed by atoms with van der Waals surface area (Å²) in [5.41, 5.74) is 0. The molecule has 1 saturated heterocycles. The summed E-state index contributed by atoms with van der Waals surface area (Å²) >= 11 is 5.99. The van der Waals surface area contributed by atoms with Gasteiger partial charge >= 0.3 is 0 Å². The summed E-state index contributed by atoms with van der Waals surface area (Å²) in [6.45, 7) is 0. The highest BCUT2D eigenvalue weighted by Crippen LogP contribution is 2.36. The minimum Gasteiger partial charge on any atom is -0.353 e. The first-order chi connectivity index (χ1) is 4.77.